The van der Waals surface area contributed by atoms with Gasteiger partial charge in [0.2, 0.25) is 0 Å². The average Bonchev–Trinajstić information content (AvgIpc) is 4.03. The zero-order chi connectivity index (χ0) is 49.0. The Hall–Kier alpha value is -7.42. The van der Waals surface area contributed by atoms with Gasteiger partial charge in [0.05, 0.1) is 11.1 Å². The molecule has 13 rings (SSSR count). The van der Waals surface area contributed by atoms with Crippen molar-refractivity contribution in [1.82, 2.24) is 0 Å². The topological polar surface area (TPSA) is 16.4 Å². The van der Waals surface area contributed by atoms with E-state index in [9.17, 15) is 0 Å². The fourth-order valence-electron chi connectivity index (χ4n) is 13.2. The molecule has 3 aliphatic carbocycles. The lowest BCUT2D eigenvalue weighted by molar-refractivity contribution is 0.559. The molecule has 0 saturated heterocycles. The third-order valence-electron chi connectivity index (χ3n) is 16.8. The number of hydrogen-bond donors (Lipinski definition) is 0. The molecule has 0 bridgehead atoms. The highest BCUT2D eigenvalue weighted by Gasteiger charge is 2.46. The second kappa shape index (κ2) is 14.8. The van der Waals surface area contributed by atoms with Crippen molar-refractivity contribution < 1.29 is 4.42 Å². The summed E-state index contributed by atoms with van der Waals surface area (Å²) in [6, 6.07) is 71.4. The lowest BCUT2D eigenvalue weighted by Crippen LogP contribution is -2.28. The first-order chi connectivity index (χ1) is 34.0. The minimum Gasteiger partial charge on any atom is -0.456 e. The van der Waals surface area contributed by atoms with Crippen molar-refractivity contribution >= 4 is 39.0 Å². The predicted octanol–water partition coefficient (Wildman–Crippen LogP) is 18.6. The van der Waals surface area contributed by atoms with E-state index in [1.54, 1.807) is 0 Å². The smallest absolute Gasteiger partial charge is 0.139 e. The molecule has 0 saturated carbocycles. The second-order valence-electron chi connectivity index (χ2n) is 23.7. The molecule has 0 unspecified atom stereocenters. The maximum atomic E-state index is 7.10. The molecule has 0 amide bonds. The Morgan fingerprint density at radius 3 is 1.59 bits per heavy atom. The summed E-state index contributed by atoms with van der Waals surface area (Å²) in [6.45, 7) is 23.5. The summed E-state index contributed by atoms with van der Waals surface area (Å²) in [5.41, 5.74) is 25.1. The summed E-state index contributed by atoms with van der Waals surface area (Å²) in [5.74, 6) is 0. The van der Waals surface area contributed by atoms with Crippen molar-refractivity contribution in [1.29, 1.82) is 0 Å². The van der Waals surface area contributed by atoms with Crippen molar-refractivity contribution in [3.8, 4) is 33.4 Å². The van der Waals surface area contributed by atoms with Crippen molar-refractivity contribution in [2.45, 2.75) is 96.3 Å². The number of fused-ring (bicyclic) bond motifs is 13. The van der Waals surface area contributed by atoms with Gasteiger partial charge < -0.3 is 9.32 Å². The average molecular weight is 920 g/mol. The van der Waals surface area contributed by atoms with Crippen LogP contribution in [0.1, 0.15) is 125 Å². The minimum atomic E-state index is -0.496. The van der Waals surface area contributed by atoms with Gasteiger partial charge in [0.1, 0.15) is 11.2 Å². The van der Waals surface area contributed by atoms with E-state index in [4.69, 9.17) is 4.42 Å². The molecule has 348 valence electrons. The van der Waals surface area contributed by atoms with Crippen LogP contribution >= 0.6 is 0 Å². The number of rotatable bonds is 5. The predicted molar refractivity (Wildman–Crippen MR) is 298 cm³/mol. The van der Waals surface area contributed by atoms with Crippen LogP contribution in [0.15, 0.2) is 192 Å². The van der Waals surface area contributed by atoms with E-state index in [0.717, 1.165) is 28.2 Å². The van der Waals surface area contributed by atoms with Gasteiger partial charge in [0.25, 0.3) is 0 Å². The first-order valence-electron chi connectivity index (χ1n) is 25.6. The van der Waals surface area contributed by atoms with Crippen LogP contribution in [0.2, 0.25) is 0 Å². The van der Waals surface area contributed by atoms with E-state index in [0.29, 0.717) is 0 Å². The molecule has 0 fully saturated rings. The lowest BCUT2D eigenvalue weighted by Gasteiger charge is -2.35. The van der Waals surface area contributed by atoms with E-state index >= 15 is 0 Å². The molecule has 0 aliphatic heterocycles. The van der Waals surface area contributed by atoms with Gasteiger partial charge in [0.15, 0.2) is 0 Å². The monoisotopic (exact) mass is 919 g/mol. The van der Waals surface area contributed by atoms with E-state index in [1.165, 1.54) is 99.8 Å². The van der Waals surface area contributed by atoms with Gasteiger partial charge in [0, 0.05) is 44.1 Å². The molecule has 0 N–H and O–H groups in total. The standard InChI is InChI=1S/C69H61NO/c1-65(2,3)44-39-51-61-60(71-64(51)58(40-44)66(4,5)6)38-37-56-63(61)62-55(68(56,9)10)29-20-30-59(62)70(46-35-36-50-47-23-14-17-26-52(47)67(7,8)57(50)41-46)45-33-31-43(32-34-45)69(42-21-12-11-13-22-42)53-27-18-15-24-48(53)49-25-16-19-28-54(49)69/h11-41H,1-10H3. The first-order valence-corrected chi connectivity index (χ1v) is 25.6. The lowest BCUT2D eigenvalue weighted by atomic mass is 9.68. The summed E-state index contributed by atoms with van der Waals surface area (Å²) in [6.07, 6.45) is 0. The maximum absolute atomic E-state index is 7.10. The largest absolute Gasteiger partial charge is 0.456 e. The van der Waals surface area contributed by atoms with Gasteiger partial charge in [-0.2, -0.15) is 0 Å². The van der Waals surface area contributed by atoms with E-state index in [1.807, 2.05) is 0 Å². The molecular weight excluding hydrogens is 859 g/mol. The molecule has 71 heavy (non-hydrogen) atoms. The van der Waals surface area contributed by atoms with E-state index in [-0.39, 0.29) is 21.7 Å². The Morgan fingerprint density at radius 1 is 0.408 bits per heavy atom. The zero-order valence-electron chi connectivity index (χ0n) is 42.8. The summed E-state index contributed by atoms with van der Waals surface area (Å²) in [5, 5.41) is 2.40. The third kappa shape index (κ3) is 6.00. The summed E-state index contributed by atoms with van der Waals surface area (Å²) >= 11 is 0. The highest BCUT2D eigenvalue weighted by Crippen LogP contribution is 2.60. The quantitative estimate of drug-likeness (QED) is 0.171. The molecule has 0 radical (unpaired) electrons. The molecule has 2 heteroatoms. The Kier molecular flexibility index (Phi) is 9.09. The van der Waals surface area contributed by atoms with Gasteiger partial charge in [-0.1, -0.05) is 215 Å². The fourth-order valence-corrected chi connectivity index (χ4v) is 13.2. The van der Waals surface area contributed by atoms with Gasteiger partial charge in [-0.25, -0.2) is 0 Å². The van der Waals surface area contributed by atoms with Gasteiger partial charge in [-0.15, -0.1) is 0 Å². The van der Waals surface area contributed by atoms with Crippen LogP contribution < -0.4 is 4.90 Å². The number of hydrogen-bond acceptors (Lipinski definition) is 2. The number of anilines is 3. The highest BCUT2D eigenvalue weighted by atomic mass is 16.3. The molecule has 1 heterocycles. The van der Waals surface area contributed by atoms with E-state index in [2.05, 4.69) is 262 Å². The summed E-state index contributed by atoms with van der Waals surface area (Å²) < 4.78 is 7.10. The highest BCUT2D eigenvalue weighted by molar-refractivity contribution is 6.17. The minimum absolute atomic E-state index is 0.0518. The van der Waals surface area contributed by atoms with Crippen molar-refractivity contribution in [3.63, 3.8) is 0 Å². The van der Waals surface area contributed by atoms with Crippen molar-refractivity contribution in [3.05, 3.63) is 244 Å². The third-order valence-corrected chi connectivity index (χ3v) is 16.8. The second-order valence-corrected chi connectivity index (χ2v) is 23.7. The van der Waals surface area contributed by atoms with Crippen molar-refractivity contribution in [2.75, 3.05) is 4.90 Å². The van der Waals surface area contributed by atoms with Crippen LogP contribution in [-0.4, -0.2) is 0 Å². The normalized spacial score (nSPS) is 15.5. The molecule has 10 aromatic rings. The van der Waals surface area contributed by atoms with Crippen LogP contribution in [0.3, 0.4) is 0 Å². The first kappa shape index (κ1) is 43.6. The van der Waals surface area contributed by atoms with Crippen LogP contribution in [0.25, 0.3) is 55.3 Å². The number of benzene rings is 9. The Balaban J connectivity index is 1.09. The molecule has 2 nitrogen and oxygen atoms in total. The number of furan rings is 1. The van der Waals surface area contributed by atoms with Crippen LogP contribution in [0.4, 0.5) is 17.1 Å². The fraction of sp³-hybridized carbons (Fsp3) is 0.217. The van der Waals surface area contributed by atoms with Crippen LogP contribution in [0, 0.1) is 0 Å². The molecule has 3 aliphatic rings. The van der Waals surface area contributed by atoms with Gasteiger partial charge >= 0.3 is 0 Å². The molecular formula is C69H61NO. The molecule has 9 aromatic carbocycles. The SMILES string of the molecule is CC(C)(C)c1cc(C(C)(C)C)c2oc3ccc4c(c3c2c1)-c1c(N(c2ccc(C3(c5ccccc5)c5ccccc5-c5ccccc53)cc2)c2ccc3c(c2)C(C)(C)c2ccccc2-3)cccc1C4(C)C. The zero-order valence-corrected chi connectivity index (χ0v) is 42.8. The van der Waals surface area contributed by atoms with Gasteiger partial charge in [-0.3, -0.25) is 0 Å². The molecule has 1 aromatic heterocycles. The summed E-state index contributed by atoms with van der Waals surface area (Å²) in [4.78, 5) is 2.56. The van der Waals surface area contributed by atoms with Crippen LogP contribution in [0.5, 0.6) is 0 Å². The Labute approximate surface area is 419 Å². The molecule has 0 spiro atoms. The maximum Gasteiger partial charge on any atom is 0.139 e. The number of nitrogens with zero attached hydrogens (tertiary/aromatic N) is 1. The van der Waals surface area contributed by atoms with Crippen molar-refractivity contribution in [2.24, 2.45) is 0 Å². The Bertz CT molecular complexity index is 3780. The van der Waals surface area contributed by atoms with Crippen LogP contribution in [-0.2, 0) is 27.1 Å². The summed E-state index contributed by atoms with van der Waals surface area (Å²) in [7, 11) is 0. The Morgan fingerprint density at radius 2 is 0.944 bits per heavy atom. The van der Waals surface area contributed by atoms with Gasteiger partial charge in [-0.05, 0) is 131 Å². The van der Waals surface area contributed by atoms with E-state index < -0.39 is 5.41 Å². The molecule has 0 atom stereocenters.